The summed E-state index contributed by atoms with van der Waals surface area (Å²) in [5, 5.41) is 11.1. The lowest BCUT2D eigenvalue weighted by Gasteiger charge is -2.20. The van der Waals surface area contributed by atoms with Crippen LogP contribution in [-0.2, 0) is 11.3 Å². The maximum Gasteiger partial charge on any atom is 0.305 e. The molecule has 1 heterocycles. The first-order valence-corrected chi connectivity index (χ1v) is 6.67. The van der Waals surface area contributed by atoms with Crippen molar-refractivity contribution in [2.45, 2.75) is 31.8 Å². The Kier molecular flexibility index (Phi) is 3.93. The minimum Gasteiger partial charge on any atom is -0.481 e. The van der Waals surface area contributed by atoms with Crippen molar-refractivity contribution in [3.05, 3.63) is 16.1 Å². The molecule has 1 saturated carbocycles. The Morgan fingerprint density at radius 3 is 2.78 bits per heavy atom. The molecule has 0 aromatic carbocycles. The molecule has 1 aromatic rings. The molecule has 18 heavy (non-hydrogen) atoms. The summed E-state index contributed by atoms with van der Waals surface area (Å²) in [6.07, 6.45) is 1.86. The zero-order valence-corrected chi connectivity index (χ0v) is 10.7. The van der Waals surface area contributed by atoms with Gasteiger partial charge in [-0.05, 0) is 12.8 Å². The Morgan fingerprint density at radius 2 is 2.28 bits per heavy atom. The molecule has 3 N–H and O–H groups in total. The van der Waals surface area contributed by atoms with Gasteiger partial charge >= 0.3 is 5.97 Å². The largest absolute Gasteiger partial charge is 0.481 e. The van der Waals surface area contributed by atoms with Gasteiger partial charge in [0.15, 0.2) is 0 Å². The van der Waals surface area contributed by atoms with Gasteiger partial charge in [0.1, 0.15) is 10.7 Å². The molecule has 1 fully saturated rings. The van der Waals surface area contributed by atoms with Crippen LogP contribution in [0.1, 0.15) is 34.8 Å². The van der Waals surface area contributed by atoms with Crippen molar-refractivity contribution in [1.29, 1.82) is 0 Å². The van der Waals surface area contributed by atoms with Crippen LogP contribution in [0.3, 0.4) is 0 Å². The van der Waals surface area contributed by atoms with Crippen LogP contribution in [0.5, 0.6) is 0 Å². The van der Waals surface area contributed by atoms with E-state index in [0.29, 0.717) is 17.2 Å². The molecule has 0 atom stereocenters. The smallest absolute Gasteiger partial charge is 0.305 e. The first-order chi connectivity index (χ1) is 8.61. The van der Waals surface area contributed by atoms with Gasteiger partial charge in [0.25, 0.3) is 5.91 Å². The second kappa shape index (κ2) is 5.45. The number of nitrogens with two attached hydrogens (primary N) is 1. The Balaban J connectivity index is 2.05. The summed E-state index contributed by atoms with van der Waals surface area (Å²) < 4.78 is 0. The van der Waals surface area contributed by atoms with Crippen LogP contribution in [0.15, 0.2) is 5.38 Å². The quantitative estimate of drug-likeness (QED) is 0.791. The second-order valence-corrected chi connectivity index (χ2v) is 5.15. The van der Waals surface area contributed by atoms with Gasteiger partial charge in [-0.3, -0.25) is 9.59 Å². The number of nitrogens with zero attached hydrogens (tertiary/aromatic N) is 2. The number of hydrogen-bond acceptors (Lipinski definition) is 5. The highest BCUT2D eigenvalue weighted by Gasteiger charge is 2.33. The van der Waals surface area contributed by atoms with Crippen molar-refractivity contribution < 1.29 is 14.7 Å². The third kappa shape index (κ3) is 3.05. The second-order valence-electron chi connectivity index (χ2n) is 4.20. The minimum atomic E-state index is -0.894. The molecule has 0 radical (unpaired) electrons. The van der Waals surface area contributed by atoms with Crippen molar-refractivity contribution in [3.8, 4) is 0 Å². The summed E-state index contributed by atoms with van der Waals surface area (Å²) in [6, 6.07) is 0.180. The normalized spacial score (nSPS) is 14.5. The van der Waals surface area contributed by atoms with Crippen molar-refractivity contribution in [3.63, 3.8) is 0 Å². The van der Waals surface area contributed by atoms with E-state index in [4.69, 9.17) is 10.8 Å². The summed E-state index contributed by atoms with van der Waals surface area (Å²) in [4.78, 5) is 28.5. The van der Waals surface area contributed by atoms with Gasteiger partial charge in [0, 0.05) is 24.5 Å². The summed E-state index contributed by atoms with van der Waals surface area (Å²) in [7, 11) is 0. The highest BCUT2D eigenvalue weighted by Crippen LogP contribution is 2.28. The Bertz CT molecular complexity index is 456. The van der Waals surface area contributed by atoms with Gasteiger partial charge in [0.05, 0.1) is 6.42 Å². The molecular weight excluding hydrogens is 254 g/mol. The molecule has 7 heteroatoms. The van der Waals surface area contributed by atoms with Gasteiger partial charge in [-0.1, -0.05) is 0 Å². The predicted molar refractivity (Wildman–Crippen MR) is 66.3 cm³/mol. The van der Waals surface area contributed by atoms with Gasteiger partial charge < -0.3 is 15.7 Å². The van der Waals surface area contributed by atoms with E-state index in [2.05, 4.69) is 4.98 Å². The van der Waals surface area contributed by atoms with Crippen molar-refractivity contribution in [2.24, 2.45) is 5.73 Å². The zero-order valence-electron chi connectivity index (χ0n) is 9.83. The first-order valence-electron chi connectivity index (χ1n) is 5.79. The van der Waals surface area contributed by atoms with Crippen molar-refractivity contribution >= 4 is 23.2 Å². The standard InChI is InChI=1S/C11H15N3O3S/c12-5-9-13-8(6-18-9)11(17)14(7-1-2-7)4-3-10(15)16/h6-7H,1-5,12H2,(H,15,16). The van der Waals surface area contributed by atoms with E-state index >= 15 is 0 Å². The lowest BCUT2D eigenvalue weighted by molar-refractivity contribution is -0.137. The fourth-order valence-corrected chi connectivity index (χ4v) is 2.35. The lowest BCUT2D eigenvalue weighted by Crippen LogP contribution is -2.35. The van der Waals surface area contributed by atoms with Crippen LogP contribution in [-0.4, -0.2) is 39.5 Å². The molecular formula is C11H15N3O3S. The average Bonchev–Trinajstić information content (AvgIpc) is 3.06. The number of hydrogen-bond donors (Lipinski definition) is 2. The van der Waals surface area contributed by atoms with Crippen LogP contribution in [0, 0.1) is 0 Å². The third-order valence-electron chi connectivity index (χ3n) is 2.76. The molecule has 0 bridgehead atoms. The first kappa shape index (κ1) is 13.0. The number of carbonyl (C=O) groups is 2. The molecule has 98 valence electrons. The Labute approximate surface area is 108 Å². The minimum absolute atomic E-state index is 0.0316. The molecule has 2 rings (SSSR count). The van der Waals surface area contributed by atoms with Crippen molar-refractivity contribution in [1.82, 2.24) is 9.88 Å². The number of aliphatic carboxylic acids is 1. The van der Waals surface area contributed by atoms with E-state index in [0.717, 1.165) is 12.8 Å². The molecule has 0 aliphatic heterocycles. The predicted octanol–water partition coefficient (Wildman–Crippen LogP) is 0.681. The molecule has 1 aliphatic carbocycles. The molecule has 0 saturated heterocycles. The summed E-state index contributed by atoms with van der Waals surface area (Å²) in [5.74, 6) is -1.08. The Morgan fingerprint density at radius 1 is 1.56 bits per heavy atom. The van der Waals surface area contributed by atoms with E-state index in [-0.39, 0.29) is 24.9 Å². The van der Waals surface area contributed by atoms with E-state index in [1.165, 1.54) is 11.3 Å². The average molecular weight is 269 g/mol. The number of rotatable bonds is 6. The monoisotopic (exact) mass is 269 g/mol. The van der Waals surface area contributed by atoms with Crippen LogP contribution in [0.4, 0.5) is 0 Å². The molecule has 6 nitrogen and oxygen atoms in total. The SMILES string of the molecule is NCc1nc(C(=O)N(CCC(=O)O)C2CC2)cs1. The number of carbonyl (C=O) groups excluding carboxylic acids is 1. The molecule has 1 aliphatic rings. The fraction of sp³-hybridized carbons (Fsp3) is 0.545. The number of carboxylic acids is 1. The lowest BCUT2D eigenvalue weighted by atomic mass is 10.3. The van der Waals surface area contributed by atoms with E-state index < -0.39 is 5.97 Å². The molecule has 1 aromatic heterocycles. The van der Waals surface area contributed by atoms with Crippen molar-refractivity contribution in [2.75, 3.05) is 6.54 Å². The van der Waals surface area contributed by atoms with Crippen LogP contribution in [0.25, 0.3) is 0 Å². The third-order valence-corrected chi connectivity index (χ3v) is 3.63. The van der Waals surface area contributed by atoms with E-state index in [9.17, 15) is 9.59 Å². The molecule has 0 spiro atoms. The zero-order chi connectivity index (χ0) is 13.1. The van der Waals surface area contributed by atoms with Crippen LogP contribution < -0.4 is 5.73 Å². The number of aromatic nitrogens is 1. The summed E-state index contributed by atoms with van der Waals surface area (Å²) in [6.45, 7) is 0.560. The Hall–Kier alpha value is -1.47. The number of carboxylic acid groups (broad SMARTS) is 1. The molecule has 1 amide bonds. The fourth-order valence-electron chi connectivity index (χ4n) is 1.70. The van der Waals surface area contributed by atoms with Gasteiger partial charge in [0.2, 0.25) is 0 Å². The molecule has 0 unspecified atom stereocenters. The highest BCUT2D eigenvalue weighted by molar-refractivity contribution is 7.09. The summed E-state index contributed by atoms with van der Waals surface area (Å²) >= 11 is 1.35. The topological polar surface area (TPSA) is 96.5 Å². The highest BCUT2D eigenvalue weighted by atomic mass is 32.1. The van der Waals surface area contributed by atoms with Gasteiger partial charge in [-0.15, -0.1) is 11.3 Å². The maximum atomic E-state index is 12.2. The van der Waals surface area contributed by atoms with Crippen LogP contribution >= 0.6 is 11.3 Å². The maximum absolute atomic E-state index is 12.2. The van der Waals surface area contributed by atoms with E-state index in [1.54, 1.807) is 10.3 Å². The van der Waals surface area contributed by atoms with E-state index in [1.807, 2.05) is 0 Å². The summed E-state index contributed by atoms with van der Waals surface area (Å²) in [5.41, 5.74) is 5.83. The van der Waals surface area contributed by atoms with Crippen LogP contribution in [0.2, 0.25) is 0 Å². The number of amides is 1. The number of thiazole rings is 1. The van der Waals surface area contributed by atoms with Gasteiger partial charge in [-0.25, -0.2) is 4.98 Å². The van der Waals surface area contributed by atoms with Gasteiger partial charge in [-0.2, -0.15) is 0 Å².